The molecule has 2 aromatic rings. The molecule has 1 aromatic heterocycles. The van der Waals surface area contributed by atoms with E-state index in [1.807, 2.05) is 18.2 Å². The van der Waals surface area contributed by atoms with Crippen molar-refractivity contribution in [3.63, 3.8) is 0 Å². The van der Waals surface area contributed by atoms with Gasteiger partial charge in [0.05, 0.1) is 0 Å². The van der Waals surface area contributed by atoms with Gasteiger partial charge in [-0.2, -0.15) is 0 Å². The van der Waals surface area contributed by atoms with Crippen molar-refractivity contribution >= 4 is 21.8 Å². The molecule has 22 heavy (non-hydrogen) atoms. The maximum Gasteiger partial charge on any atom is 0.280 e. The predicted octanol–water partition coefficient (Wildman–Crippen LogP) is 3.78. The molecule has 0 saturated heterocycles. The number of nitrogens with two attached hydrogens (primary N) is 1. The van der Waals surface area contributed by atoms with Crippen LogP contribution in [0.1, 0.15) is 53.0 Å². The number of primary amides is 1. The number of carbonyl (C=O) groups excluding carboxylic acids is 1. The van der Waals surface area contributed by atoms with E-state index in [0.29, 0.717) is 11.7 Å². The Labute approximate surface area is 133 Å². The van der Waals surface area contributed by atoms with Crippen LogP contribution in [0.25, 0.3) is 11.4 Å². The number of amides is 1. The van der Waals surface area contributed by atoms with E-state index < -0.39 is 12.3 Å². The van der Waals surface area contributed by atoms with Crippen molar-refractivity contribution in [3.05, 3.63) is 39.6 Å². The molecule has 2 N–H and O–H groups in total. The molecule has 114 valence electrons. The molecule has 3 heterocycles. The number of carbonyl (C=O) groups is 1. The molecular weight excluding hydrogens is 356 g/mol. The summed E-state index contributed by atoms with van der Waals surface area (Å²) in [5.41, 5.74) is 6.48. The minimum Gasteiger partial charge on any atom is -0.364 e. The topological polar surface area (TPSA) is 60.9 Å². The molecule has 2 bridgehead atoms. The number of alkyl halides is 2. The van der Waals surface area contributed by atoms with Crippen LogP contribution in [-0.2, 0) is 0 Å². The third-order valence-electron chi connectivity index (χ3n) is 4.56. The van der Waals surface area contributed by atoms with Gasteiger partial charge in [-0.25, -0.2) is 13.8 Å². The largest absolute Gasteiger partial charge is 0.364 e. The predicted molar refractivity (Wildman–Crippen MR) is 79.8 cm³/mol. The summed E-state index contributed by atoms with van der Waals surface area (Å²) in [6.45, 7) is 0. The molecule has 5 rings (SSSR count). The Morgan fingerprint density at radius 2 is 2.14 bits per heavy atom. The molecule has 3 aliphatic rings. The van der Waals surface area contributed by atoms with Crippen molar-refractivity contribution in [1.29, 1.82) is 0 Å². The average Bonchev–Trinajstić information content (AvgIpc) is 2.69. The van der Waals surface area contributed by atoms with Gasteiger partial charge in [0.25, 0.3) is 12.3 Å². The average molecular weight is 368 g/mol. The highest BCUT2D eigenvalue weighted by atomic mass is 79.9. The summed E-state index contributed by atoms with van der Waals surface area (Å²) in [6, 6.07) is 5.76. The van der Waals surface area contributed by atoms with E-state index >= 15 is 0 Å². The zero-order chi connectivity index (χ0) is 15.6. The van der Waals surface area contributed by atoms with E-state index in [-0.39, 0.29) is 17.4 Å². The van der Waals surface area contributed by atoms with E-state index in [0.717, 1.165) is 28.4 Å². The maximum absolute atomic E-state index is 13.5. The van der Waals surface area contributed by atoms with Crippen LogP contribution in [0.5, 0.6) is 0 Å². The summed E-state index contributed by atoms with van der Waals surface area (Å²) in [7, 11) is 0. The van der Waals surface area contributed by atoms with Gasteiger partial charge < -0.3 is 10.3 Å². The van der Waals surface area contributed by atoms with Crippen LogP contribution < -0.4 is 5.73 Å². The number of halogens is 3. The van der Waals surface area contributed by atoms with Crippen molar-refractivity contribution in [2.24, 2.45) is 5.73 Å². The van der Waals surface area contributed by atoms with Gasteiger partial charge in [0.2, 0.25) is 0 Å². The first kappa shape index (κ1) is 13.9. The minimum atomic E-state index is -2.78. The van der Waals surface area contributed by atoms with Gasteiger partial charge in [0.1, 0.15) is 11.5 Å². The monoisotopic (exact) mass is 367 g/mol. The molecule has 0 spiro atoms. The molecular formula is C15H12BrF2N3O. The van der Waals surface area contributed by atoms with Gasteiger partial charge in [-0.3, -0.25) is 4.79 Å². The van der Waals surface area contributed by atoms with Gasteiger partial charge >= 0.3 is 0 Å². The third kappa shape index (κ3) is 1.78. The quantitative estimate of drug-likeness (QED) is 0.877. The first-order valence-electron chi connectivity index (χ1n) is 6.97. The number of aromatic nitrogens is 2. The lowest BCUT2D eigenvalue weighted by molar-refractivity contribution is 0.0972. The van der Waals surface area contributed by atoms with E-state index in [1.165, 1.54) is 4.57 Å². The van der Waals surface area contributed by atoms with Crippen molar-refractivity contribution in [2.75, 3.05) is 0 Å². The van der Waals surface area contributed by atoms with Crippen molar-refractivity contribution in [1.82, 2.24) is 9.55 Å². The molecule has 1 fully saturated rings. The highest BCUT2D eigenvalue weighted by Gasteiger charge is 2.42. The normalized spacial score (nSPS) is 21.8. The summed E-state index contributed by atoms with van der Waals surface area (Å²) in [6.07, 6.45) is -1.21. The second kappa shape index (κ2) is 4.62. The van der Waals surface area contributed by atoms with Crippen LogP contribution in [0.4, 0.5) is 8.78 Å². The Bertz CT molecular complexity index is 796. The van der Waals surface area contributed by atoms with E-state index in [1.54, 1.807) is 0 Å². The molecule has 1 aliphatic carbocycles. The van der Waals surface area contributed by atoms with Gasteiger partial charge in [0, 0.05) is 16.1 Å². The molecule has 1 amide bonds. The highest BCUT2D eigenvalue weighted by Crippen LogP contribution is 2.53. The van der Waals surface area contributed by atoms with Crippen LogP contribution >= 0.6 is 15.9 Å². The number of hydrogen-bond donors (Lipinski definition) is 1. The summed E-state index contributed by atoms with van der Waals surface area (Å²) in [4.78, 5) is 15.7. The number of rotatable bonds is 2. The fourth-order valence-corrected chi connectivity index (χ4v) is 3.89. The van der Waals surface area contributed by atoms with Gasteiger partial charge in [0.15, 0.2) is 5.69 Å². The Hall–Kier alpha value is -1.76. The number of nitrogens with zero attached hydrogens (tertiary/aromatic N) is 2. The van der Waals surface area contributed by atoms with Crippen molar-refractivity contribution in [3.8, 4) is 11.4 Å². The zero-order valence-electron chi connectivity index (χ0n) is 11.4. The van der Waals surface area contributed by atoms with Crippen LogP contribution in [0.2, 0.25) is 0 Å². The van der Waals surface area contributed by atoms with Crippen LogP contribution in [-0.4, -0.2) is 15.5 Å². The second-order valence-electron chi connectivity index (χ2n) is 5.76. The van der Waals surface area contributed by atoms with E-state index in [9.17, 15) is 13.6 Å². The molecule has 0 radical (unpaired) electrons. The molecule has 2 aliphatic heterocycles. The molecule has 4 nitrogen and oxygen atoms in total. The SMILES string of the molecule is NC(=O)c1nc2n(c1C(F)F)C1CC(C1)c1ccc(Br)cc1-2. The van der Waals surface area contributed by atoms with Crippen LogP contribution in [0.15, 0.2) is 22.7 Å². The first-order valence-corrected chi connectivity index (χ1v) is 7.76. The van der Waals surface area contributed by atoms with Crippen LogP contribution in [0, 0.1) is 0 Å². The van der Waals surface area contributed by atoms with Crippen LogP contribution in [0.3, 0.4) is 0 Å². The third-order valence-corrected chi connectivity index (χ3v) is 5.06. The molecule has 1 saturated carbocycles. The number of benzene rings is 1. The number of hydrogen-bond acceptors (Lipinski definition) is 2. The van der Waals surface area contributed by atoms with E-state index in [2.05, 4.69) is 20.9 Å². The maximum atomic E-state index is 13.5. The zero-order valence-corrected chi connectivity index (χ0v) is 13.0. The summed E-state index contributed by atoms with van der Waals surface area (Å²) >= 11 is 3.41. The second-order valence-corrected chi connectivity index (χ2v) is 6.67. The Morgan fingerprint density at radius 3 is 2.77 bits per heavy atom. The Kier molecular flexibility index (Phi) is 2.91. The fraction of sp³-hybridized carbons (Fsp3) is 0.333. The smallest absolute Gasteiger partial charge is 0.280 e. The summed E-state index contributed by atoms with van der Waals surface area (Å²) in [5.74, 6) is -0.133. The molecule has 0 unspecified atom stereocenters. The molecule has 7 heteroatoms. The Morgan fingerprint density at radius 1 is 1.41 bits per heavy atom. The first-order chi connectivity index (χ1) is 10.5. The summed E-state index contributed by atoms with van der Waals surface area (Å²) < 4.78 is 29.4. The minimum absolute atomic E-state index is 0.0456. The fourth-order valence-electron chi connectivity index (χ4n) is 3.53. The molecule has 1 aromatic carbocycles. The Balaban J connectivity index is 2.06. The van der Waals surface area contributed by atoms with Crippen molar-refractivity contribution in [2.45, 2.75) is 31.2 Å². The van der Waals surface area contributed by atoms with Gasteiger partial charge in [-0.15, -0.1) is 0 Å². The standard InChI is InChI=1S/C15H12BrF2N3O/c16-7-1-2-9-6-3-8(4-6)21-12(13(17)18)11(14(19)22)20-15(21)10(9)5-7/h1-2,5-6,8,13H,3-4H2,(H2,19,22). The molecule has 0 atom stereocenters. The van der Waals surface area contributed by atoms with Gasteiger partial charge in [-0.1, -0.05) is 22.0 Å². The number of imidazole rings is 1. The van der Waals surface area contributed by atoms with Gasteiger partial charge in [-0.05, 0) is 36.5 Å². The lowest BCUT2D eigenvalue weighted by atomic mass is 9.75. The lowest BCUT2D eigenvalue weighted by Crippen LogP contribution is -2.25. The summed E-state index contributed by atoms with van der Waals surface area (Å²) in [5, 5.41) is 0. The van der Waals surface area contributed by atoms with E-state index in [4.69, 9.17) is 5.73 Å². The lowest BCUT2D eigenvalue weighted by Gasteiger charge is -2.35. The van der Waals surface area contributed by atoms with Crippen molar-refractivity contribution < 1.29 is 13.6 Å². The highest BCUT2D eigenvalue weighted by molar-refractivity contribution is 9.10.